The van der Waals surface area contributed by atoms with Crippen molar-refractivity contribution in [1.82, 2.24) is 10.2 Å². The van der Waals surface area contributed by atoms with Crippen LogP contribution in [0.1, 0.15) is 6.42 Å². The zero-order chi connectivity index (χ0) is 15.8. The molecule has 0 atom stereocenters. The number of urea groups is 1. The molecule has 3 amide bonds. The molecule has 1 aromatic rings. The van der Waals surface area contributed by atoms with E-state index in [9.17, 15) is 14.4 Å². The quantitative estimate of drug-likeness (QED) is 0.810. The van der Waals surface area contributed by atoms with Gasteiger partial charge < -0.3 is 15.3 Å². The third-order valence-electron chi connectivity index (χ3n) is 2.75. The number of carboxylic acids is 1. The molecule has 0 spiro atoms. The Morgan fingerprint density at radius 3 is 2.29 bits per heavy atom. The molecule has 0 heterocycles. The zero-order valence-corrected chi connectivity index (χ0v) is 12.1. The summed E-state index contributed by atoms with van der Waals surface area (Å²) in [6.45, 7) is -0.108. The second-order valence-electron chi connectivity index (χ2n) is 4.58. The number of nitrogens with one attached hydrogen (secondary N) is 1. The minimum atomic E-state index is -0.993. The topological polar surface area (TPSA) is 90.0 Å². The van der Waals surface area contributed by atoms with E-state index in [1.807, 2.05) is 0 Å². The number of para-hydroxylation sites is 1. The third kappa shape index (κ3) is 5.52. The summed E-state index contributed by atoms with van der Waals surface area (Å²) < 4.78 is 0. The number of hydrogen-bond acceptors (Lipinski definition) is 3. The van der Waals surface area contributed by atoms with E-state index in [2.05, 4.69) is 5.32 Å². The Kier molecular flexibility index (Phi) is 6.19. The molecule has 0 radical (unpaired) electrons. The van der Waals surface area contributed by atoms with Crippen LogP contribution < -0.4 is 10.2 Å². The van der Waals surface area contributed by atoms with Crippen molar-refractivity contribution in [2.75, 3.05) is 32.1 Å². The Balaban J connectivity index is 2.74. The molecule has 2 N–H and O–H groups in total. The van der Waals surface area contributed by atoms with E-state index < -0.39 is 12.0 Å². The highest BCUT2D eigenvalue weighted by molar-refractivity contribution is 5.94. The lowest BCUT2D eigenvalue weighted by molar-refractivity contribution is -0.136. The molecule has 0 aliphatic heterocycles. The van der Waals surface area contributed by atoms with E-state index in [0.717, 1.165) is 0 Å². The second kappa shape index (κ2) is 7.88. The summed E-state index contributed by atoms with van der Waals surface area (Å²) in [7, 11) is 3.18. The number of carboxylic acid groups (broad SMARTS) is 1. The van der Waals surface area contributed by atoms with E-state index in [4.69, 9.17) is 5.11 Å². The maximum absolute atomic E-state index is 12.1. The summed E-state index contributed by atoms with van der Waals surface area (Å²) in [6, 6.07) is 8.21. The van der Waals surface area contributed by atoms with E-state index in [1.165, 1.54) is 9.80 Å². The molecule has 7 nitrogen and oxygen atoms in total. The first-order chi connectivity index (χ1) is 9.91. The lowest BCUT2D eigenvalue weighted by Gasteiger charge is -2.23. The first-order valence-electron chi connectivity index (χ1n) is 6.44. The molecular weight excluding hydrogens is 274 g/mol. The summed E-state index contributed by atoms with van der Waals surface area (Å²) in [5, 5.41) is 11.3. The van der Waals surface area contributed by atoms with Gasteiger partial charge in [0.1, 0.15) is 0 Å². The maximum Gasteiger partial charge on any atom is 0.322 e. The summed E-state index contributed by atoms with van der Waals surface area (Å²) in [5.74, 6) is -1.23. The van der Waals surface area contributed by atoms with E-state index in [0.29, 0.717) is 5.69 Å². The average molecular weight is 293 g/mol. The fraction of sp³-hybridized carbons (Fsp3) is 0.357. The monoisotopic (exact) mass is 293 g/mol. The molecule has 0 aliphatic carbocycles. The average Bonchev–Trinajstić information content (AvgIpc) is 2.45. The lowest BCUT2D eigenvalue weighted by Crippen LogP contribution is -2.45. The number of hydrogen-bond donors (Lipinski definition) is 2. The summed E-state index contributed by atoms with van der Waals surface area (Å²) in [4.78, 5) is 37.0. The molecule has 21 heavy (non-hydrogen) atoms. The largest absolute Gasteiger partial charge is 0.481 e. The number of nitrogens with zero attached hydrogens (tertiary/aromatic N) is 2. The first kappa shape index (κ1) is 16.5. The second-order valence-corrected chi connectivity index (χ2v) is 4.58. The first-order valence-corrected chi connectivity index (χ1v) is 6.44. The van der Waals surface area contributed by atoms with Gasteiger partial charge in [0.15, 0.2) is 0 Å². The van der Waals surface area contributed by atoms with Gasteiger partial charge in [-0.15, -0.1) is 0 Å². The van der Waals surface area contributed by atoms with Crippen molar-refractivity contribution in [3.63, 3.8) is 0 Å². The van der Waals surface area contributed by atoms with Crippen molar-refractivity contribution in [3.8, 4) is 0 Å². The van der Waals surface area contributed by atoms with Gasteiger partial charge in [-0.25, -0.2) is 4.79 Å². The smallest absolute Gasteiger partial charge is 0.322 e. The van der Waals surface area contributed by atoms with Gasteiger partial charge in [0.25, 0.3) is 0 Å². The van der Waals surface area contributed by atoms with Crippen LogP contribution in [0.25, 0.3) is 0 Å². The molecule has 1 rings (SSSR count). The standard InChI is InChI=1S/C14H19N3O4/c1-16(2)12(18)10-15-14(21)17(9-8-13(19)20)11-6-4-3-5-7-11/h3-7H,8-10H2,1-2H3,(H,15,21)(H,19,20). The van der Waals surface area contributed by atoms with Crippen LogP contribution in [0.3, 0.4) is 0 Å². The SMILES string of the molecule is CN(C)C(=O)CNC(=O)N(CCC(=O)O)c1ccccc1. The number of likely N-dealkylation sites (N-methyl/N-ethyl adjacent to an activating group) is 1. The number of carbonyl (C=O) groups excluding carboxylic acids is 2. The number of aliphatic carboxylic acids is 1. The molecule has 0 saturated heterocycles. The summed E-state index contributed by atoms with van der Waals surface area (Å²) in [6.07, 6.45) is -0.177. The van der Waals surface area contributed by atoms with Crippen LogP contribution in [0.15, 0.2) is 30.3 Å². The number of anilines is 1. The zero-order valence-electron chi connectivity index (χ0n) is 12.1. The van der Waals surface area contributed by atoms with E-state index in [1.54, 1.807) is 44.4 Å². The van der Waals surface area contributed by atoms with Crippen LogP contribution in [-0.2, 0) is 9.59 Å². The van der Waals surface area contributed by atoms with E-state index >= 15 is 0 Å². The Hall–Kier alpha value is -2.57. The van der Waals surface area contributed by atoms with Crippen molar-refractivity contribution in [2.24, 2.45) is 0 Å². The van der Waals surface area contributed by atoms with Crippen molar-refractivity contribution in [2.45, 2.75) is 6.42 Å². The molecule has 114 valence electrons. The van der Waals surface area contributed by atoms with Gasteiger partial charge >= 0.3 is 12.0 Å². The van der Waals surface area contributed by atoms with Crippen LogP contribution in [0.4, 0.5) is 10.5 Å². The molecule has 0 unspecified atom stereocenters. The predicted octanol–water partition coefficient (Wildman–Crippen LogP) is 0.766. The molecule has 0 saturated carbocycles. The van der Waals surface area contributed by atoms with Crippen LogP contribution in [-0.4, -0.2) is 55.1 Å². The summed E-state index contributed by atoms with van der Waals surface area (Å²) >= 11 is 0. The number of rotatable bonds is 6. The molecule has 0 fully saturated rings. The highest BCUT2D eigenvalue weighted by atomic mass is 16.4. The Labute approximate surface area is 123 Å². The van der Waals surface area contributed by atoms with Crippen LogP contribution in [0, 0.1) is 0 Å². The van der Waals surface area contributed by atoms with Crippen LogP contribution >= 0.6 is 0 Å². The van der Waals surface area contributed by atoms with Crippen molar-refractivity contribution in [1.29, 1.82) is 0 Å². The Morgan fingerprint density at radius 2 is 1.76 bits per heavy atom. The number of benzene rings is 1. The van der Waals surface area contributed by atoms with Gasteiger partial charge in [0.05, 0.1) is 13.0 Å². The minimum absolute atomic E-state index is 0.0291. The van der Waals surface area contributed by atoms with Crippen LogP contribution in [0.2, 0.25) is 0 Å². The fourth-order valence-corrected chi connectivity index (χ4v) is 1.57. The highest BCUT2D eigenvalue weighted by Crippen LogP contribution is 2.13. The van der Waals surface area contributed by atoms with Gasteiger partial charge in [-0.05, 0) is 12.1 Å². The van der Waals surface area contributed by atoms with Crippen molar-refractivity contribution >= 4 is 23.6 Å². The van der Waals surface area contributed by atoms with Gasteiger partial charge in [0, 0.05) is 26.3 Å². The van der Waals surface area contributed by atoms with Gasteiger partial charge in [-0.1, -0.05) is 18.2 Å². The van der Waals surface area contributed by atoms with E-state index in [-0.39, 0.29) is 25.4 Å². The molecule has 0 bridgehead atoms. The molecule has 7 heteroatoms. The van der Waals surface area contributed by atoms with Gasteiger partial charge in [-0.3, -0.25) is 14.5 Å². The van der Waals surface area contributed by atoms with Crippen LogP contribution in [0.5, 0.6) is 0 Å². The normalized spacial score (nSPS) is 9.81. The molecule has 0 aliphatic rings. The van der Waals surface area contributed by atoms with Crippen molar-refractivity contribution < 1.29 is 19.5 Å². The Bertz CT molecular complexity index is 502. The predicted molar refractivity (Wildman–Crippen MR) is 78.1 cm³/mol. The minimum Gasteiger partial charge on any atom is -0.481 e. The fourth-order valence-electron chi connectivity index (χ4n) is 1.57. The molecular formula is C14H19N3O4. The molecule has 0 aromatic heterocycles. The lowest BCUT2D eigenvalue weighted by atomic mass is 10.2. The van der Waals surface area contributed by atoms with Gasteiger partial charge in [-0.2, -0.15) is 0 Å². The Morgan fingerprint density at radius 1 is 1.14 bits per heavy atom. The van der Waals surface area contributed by atoms with Crippen molar-refractivity contribution in [3.05, 3.63) is 30.3 Å². The molecule has 1 aromatic carbocycles. The number of amides is 3. The summed E-state index contributed by atoms with van der Waals surface area (Å²) in [5.41, 5.74) is 0.577. The third-order valence-corrected chi connectivity index (χ3v) is 2.75. The van der Waals surface area contributed by atoms with Gasteiger partial charge in [0.2, 0.25) is 5.91 Å². The number of carbonyl (C=O) groups is 3. The maximum atomic E-state index is 12.1. The highest BCUT2D eigenvalue weighted by Gasteiger charge is 2.17.